The normalized spacial score (nSPS) is 17.4. The topological polar surface area (TPSA) is 46.5 Å². The molecule has 0 spiro atoms. The summed E-state index contributed by atoms with van der Waals surface area (Å²) in [7, 11) is 1.68. The SMILES string of the molecule is CCCNC(=O)N1Cc2c(sc3c2CCCC3)-n2cccc2[C@@H]1c1ccc(OC)cc1. The minimum Gasteiger partial charge on any atom is -0.497 e. The van der Waals surface area contributed by atoms with E-state index >= 15 is 0 Å². The summed E-state index contributed by atoms with van der Waals surface area (Å²) in [5.41, 5.74) is 5.04. The molecular weight excluding hydrogens is 406 g/mol. The van der Waals surface area contributed by atoms with Crippen LogP contribution in [0.15, 0.2) is 42.6 Å². The highest BCUT2D eigenvalue weighted by Gasteiger charge is 2.35. The lowest BCUT2D eigenvalue weighted by Gasteiger charge is -2.31. The maximum absolute atomic E-state index is 13.4. The zero-order valence-corrected chi connectivity index (χ0v) is 19.0. The maximum Gasteiger partial charge on any atom is 0.318 e. The van der Waals surface area contributed by atoms with E-state index in [-0.39, 0.29) is 12.1 Å². The number of rotatable bonds is 4. The molecule has 0 bridgehead atoms. The third kappa shape index (κ3) is 3.53. The smallest absolute Gasteiger partial charge is 0.318 e. The largest absolute Gasteiger partial charge is 0.497 e. The van der Waals surface area contributed by atoms with Crippen molar-refractivity contribution in [2.75, 3.05) is 13.7 Å². The number of urea groups is 1. The molecule has 0 fully saturated rings. The van der Waals surface area contributed by atoms with E-state index in [9.17, 15) is 4.79 Å². The first kappa shape index (κ1) is 20.2. The lowest BCUT2D eigenvalue weighted by Crippen LogP contribution is -2.42. The molecular formula is C25H29N3O2S. The van der Waals surface area contributed by atoms with Crippen LogP contribution in [-0.4, -0.2) is 29.2 Å². The van der Waals surface area contributed by atoms with E-state index in [2.05, 4.69) is 47.3 Å². The molecule has 1 aromatic carbocycles. The summed E-state index contributed by atoms with van der Waals surface area (Å²) in [6.07, 6.45) is 7.85. The van der Waals surface area contributed by atoms with Crippen LogP contribution in [0.25, 0.3) is 5.00 Å². The Morgan fingerprint density at radius 2 is 1.97 bits per heavy atom. The minimum absolute atomic E-state index is 0.000900. The summed E-state index contributed by atoms with van der Waals surface area (Å²) < 4.78 is 7.69. The number of benzene rings is 1. The molecule has 5 rings (SSSR count). The molecule has 1 aliphatic carbocycles. The number of nitrogens with zero attached hydrogens (tertiary/aromatic N) is 2. The first-order chi connectivity index (χ1) is 15.2. The molecule has 1 aliphatic heterocycles. The molecule has 2 aliphatic rings. The molecule has 6 heteroatoms. The van der Waals surface area contributed by atoms with Gasteiger partial charge in [0.05, 0.1) is 25.4 Å². The van der Waals surface area contributed by atoms with Crippen molar-refractivity contribution in [3.05, 3.63) is 69.9 Å². The molecule has 3 aromatic rings. The van der Waals surface area contributed by atoms with Gasteiger partial charge >= 0.3 is 6.03 Å². The highest BCUT2D eigenvalue weighted by atomic mass is 32.1. The number of ether oxygens (including phenoxy) is 1. The van der Waals surface area contributed by atoms with E-state index in [0.717, 1.165) is 36.3 Å². The molecule has 31 heavy (non-hydrogen) atoms. The molecule has 0 unspecified atom stereocenters. The Balaban J connectivity index is 1.66. The molecule has 2 aromatic heterocycles. The second-order valence-electron chi connectivity index (χ2n) is 8.33. The average Bonchev–Trinajstić information content (AvgIpc) is 3.39. The summed E-state index contributed by atoms with van der Waals surface area (Å²) in [6.45, 7) is 3.40. The number of hydrogen-bond acceptors (Lipinski definition) is 3. The van der Waals surface area contributed by atoms with Crippen LogP contribution in [0.3, 0.4) is 0 Å². The number of nitrogens with one attached hydrogen (secondary N) is 1. The number of carbonyl (C=O) groups excluding carboxylic acids is 1. The quantitative estimate of drug-likeness (QED) is 0.592. The third-order valence-corrected chi connectivity index (χ3v) is 7.73. The number of fused-ring (bicyclic) bond motifs is 5. The molecule has 2 amide bonds. The predicted octanol–water partition coefficient (Wildman–Crippen LogP) is 5.45. The van der Waals surface area contributed by atoms with Gasteiger partial charge in [0, 0.05) is 23.2 Å². The van der Waals surface area contributed by atoms with Gasteiger partial charge in [-0.05, 0) is 67.5 Å². The van der Waals surface area contributed by atoms with Crippen molar-refractivity contribution in [3.63, 3.8) is 0 Å². The standard InChI is InChI=1S/C25H29N3O2S/c1-3-14-26-25(29)28-16-20-19-7-4-5-9-22(19)31-24(20)27-15-6-8-21(27)23(28)17-10-12-18(30-2)13-11-17/h6,8,10-13,15,23H,3-5,7,9,14,16H2,1-2H3,(H,26,29)/t23-/m0/s1. The molecule has 3 heterocycles. The van der Waals surface area contributed by atoms with Crippen LogP contribution in [-0.2, 0) is 19.4 Å². The van der Waals surface area contributed by atoms with Gasteiger partial charge in [-0.1, -0.05) is 19.1 Å². The molecule has 1 atom stereocenters. The van der Waals surface area contributed by atoms with Gasteiger partial charge in [-0.3, -0.25) is 0 Å². The summed E-state index contributed by atoms with van der Waals surface area (Å²) in [5.74, 6) is 0.822. The zero-order chi connectivity index (χ0) is 21.4. The van der Waals surface area contributed by atoms with Gasteiger partial charge in [0.15, 0.2) is 0 Å². The number of aromatic nitrogens is 1. The Morgan fingerprint density at radius 1 is 1.16 bits per heavy atom. The van der Waals surface area contributed by atoms with Crippen LogP contribution in [0, 0.1) is 0 Å². The van der Waals surface area contributed by atoms with Crippen molar-refractivity contribution in [1.82, 2.24) is 14.8 Å². The second-order valence-corrected chi connectivity index (χ2v) is 9.42. The van der Waals surface area contributed by atoms with Crippen molar-refractivity contribution in [2.24, 2.45) is 0 Å². The Morgan fingerprint density at radius 3 is 2.74 bits per heavy atom. The number of aryl methyl sites for hydroxylation is 1. The lowest BCUT2D eigenvalue weighted by molar-refractivity contribution is 0.180. The molecule has 0 saturated carbocycles. The van der Waals surface area contributed by atoms with Gasteiger partial charge in [0.1, 0.15) is 10.8 Å². The fourth-order valence-corrected chi connectivity index (χ4v) is 6.26. The average molecular weight is 436 g/mol. The van der Waals surface area contributed by atoms with Crippen molar-refractivity contribution >= 4 is 17.4 Å². The second kappa shape index (κ2) is 8.42. The van der Waals surface area contributed by atoms with Crippen LogP contribution in [0.2, 0.25) is 0 Å². The minimum atomic E-state index is -0.156. The Bertz CT molecular complexity index is 1080. The van der Waals surface area contributed by atoms with Crippen LogP contribution in [0.5, 0.6) is 5.75 Å². The molecule has 1 N–H and O–H groups in total. The molecule has 5 nitrogen and oxygen atoms in total. The van der Waals surface area contributed by atoms with Crippen molar-refractivity contribution in [3.8, 4) is 10.8 Å². The molecule has 0 saturated heterocycles. The number of thiophene rings is 1. The van der Waals surface area contributed by atoms with Crippen LogP contribution >= 0.6 is 11.3 Å². The Kier molecular flexibility index (Phi) is 5.48. The fraction of sp³-hybridized carbons (Fsp3) is 0.400. The van der Waals surface area contributed by atoms with Crippen LogP contribution < -0.4 is 10.1 Å². The van der Waals surface area contributed by atoms with E-state index in [1.165, 1.54) is 33.8 Å². The summed E-state index contributed by atoms with van der Waals surface area (Å²) in [4.78, 5) is 17.0. The highest BCUT2D eigenvalue weighted by Crippen LogP contribution is 2.44. The van der Waals surface area contributed by atoms with Gasteiger partial charge in [0.25, 0.3) is 0 Å². The summed E-state index contributed by atoms with van der Waals surface area (Å²) in [6, 6.07) is 12.2. The third-order valence-electron chi connectivity index (χ3n) is 6.40. The number of carbonyl (C=O) groups is 1. The van der Waals surface area contributed by atoms with Crippen molar-refractivity contribution < 1.29 is 9.53 Å². The van der Waals surface area contributed by atoms with E-state index in [1.54, 1.807) is 7.11 Å². The highest BCUT2D eigenvalue weighted by molar-refractivity contribution is 7.15. The van der Waals surface area contributed by atoms with Gasteiger partial charge in [0.2, 0.25) is 0 Å². The van der Waals surface area contributed by atoms with Crippen LogP contribution in [0.1, 0.15) is 59.5 Å². The van der Waals surface area contributed by atoms with Gasteiger partial charge in [-0.2, -0.15) is 0 Å². The van der Waals surface area contributed by atoms with E-state index in [0.29, 0.717) is 13.1 Å². The van der Waals surface area contributed by atoms with Crippen molar-refractivity contribution in [2.45, 2.75) is 51.6 Å². The predicted molar refractivity (Wildman–Crippen MR) is 124 cm³/mol. The molecule has 162 valence electrons. The number of methoxy groups -OCH3 is 1. The van der Waals surface area contributed by atoms with Gasteiger partial charge in [-0.15, -0.1) is 11.3 Å². The number of amides is 2. The Hall–Kier alpha value is -2.73. The number of hydrogen-bond donors (Lipinski definition) is 1. The van der Waals surface area contributed by atoms with Gasteiger partial charge < -0.3 is 19.5 Å². The lowest BCUT2D eigenvalue weighted by atomic mass is 9.95. The first-order valence-electron chi connectivity index (χ1n) is 11.2. The zero-order valence-electron chi connectivity index (χ0n) is 18.2. The van der Waals surface area contributed by atoms with E-state index in [1.807, 2.05) is 28.4 Å². The van der Waals surface area contributed by atoms with Crippen molar-refractivity contribution in [1.29, 1.82) is 0 Å². The summed E-state index contributed by atoms with van der Waals surface area (Å²) in [5, 5.41) is 4.42. The van der Waals surface area contributed by atoms with E-state index < -0.39 is 0 Å². The van der Waals surface area contributed by atoms with Gasteiger partial charge in [-0.25, -0.2) is 4.79 Å². The van der Waals surface area contributed by atoms with Crippen LogP contribution in [0.4, 0.5) is 4.79 Å². The van der Waals surface area contributed by atoms with E-state index in [4.69, 9.17) is 4.74 Å². The maximum atomic E-state index is 13.4. The first-order valence-corrected chi connectivity index (χ1v) is 12.0. The summed E-state index contributed by atoms with van der Waals surface area (Å²) >= 11 is 1.92. The monoisotopic (exact) mass is 435 g/mol. The Labute approximate surface area is 187 Å². The fourth-order valence-electron chi connectivity index (χ4n) is 4.86. The molecule has 0 radical (unpaired) electrons.